The van der Waals surface area contributed by atoms with E-state index in [1.54, 1.807) is 18.2 Å². The highest BCUT2D eigenvalue weighted by Gasteiger charge is 2.24. The molecule has 0 radical (unpaired) electrons. The van der Waals surface area contributed by atoms with E-state index in [1.165, 1.54) is 18.4 Å². The average Bonchev–Trinajstić information content (AvgIpc) is 2.90. The first-order chi connectivity index (χ1) is 9.69. The van der Waals surface area contributed by atoms with Gasteiger partial charge in [-0.1, -0.05) is 6.42 Å². The van der Waals surface area contributed by atoms with Gasteiger partial charge in [0.15, 0.2) is 0 Å². The van der Waals surface area contributed by atoms with Crippen LogP contribution in [0.2, 0.25) is 0 Å². The molecule has 0 aliphatic heterocycles. The van der Waals surface area contributed by atoms with Crippen molar-refractivity contribution in [1.29, 1.82) is 0 Å². The van der Waals surface area contributed by atoms with Crippen molar-refractivity contribution in [1.82, 2.24) is 10.3 Å². The summed E-state index contributed by atoms with van der Waals surface area (Å²) in [5.74, 6) is 0.483. The summed E-state index contributed by atoms with van der Waals surface area (Å²) in [5.41, 5.74) is 2.38. The summed E-state index contributed by atoms with van der Waals surface area (Å²) in [7, 11) is 2.01. The van der Waals surface area contributed by atoms with Gasteiger partial charge in [0.25, 0.3) is 5.69 Å². The highest BCUT2D eigenvalue weighted by atomic mass is 16.6. The molecule has 2 N–H and O–H groups in total. The molecule has 0 bridgehead atoms. The van der Waals surface area contributed by atoms with Crippen molar-refractivity contribution in [3.8, 4) is 0 Å². The summed E-state index contributed by atoms with van der Waals surface area (Å²) in [6, 6.07) is 5.61. The van der Waals surface area contributed by atoms with E-state index < -0.39 is 0 Å². The highest BCUT2D eigenvalue weighted by molar-refractivity contribution is 5.85. The zero-order valence-electron chi connectivity index (χ0n) is 11.6. The third-order valence-electron chi connectivity index (χ3n) is 4.43. The molecule has 0 unspecified atom stereocenters. The Labute approximate surface area is 117 Å². The Morgan fingerprint density at radius 1 is 1.40 bits per heavy atom. The van der Waals surface area contributed by atoms with Crippen molar-refractivity contribution in [2.24, 2.45) is 0 Å². The average molecular weight is 273 g/mol. The lowest BCUT2D eigenvalue weighted by Crippen LogP contribution is -2.30. The molecule has 0 amide bonds. The molecule has 20 heavy (non-hydrogen) atoms. The van der Waals surface area contributed by atoms with E-state index in [1.807, 2.05) is 13.2 Å². The largest absolute Gasteiger partial charge is 0.361 e. The van der Waals surface area contributed by atoms with Crippen molar-refractivity contribution in [2.75, 3.05) is 7.05 Å². The Balaban J connectivity index is 1.98. The molecule has 1 heterocycles. The second-order valence-corrected chi connectivity index (χ2v) is 5.58. The minimum absolute atomic E-state index is 0.166. The number of H-pyrrole nitrogens is 1. The lowest BCUT2D eigenvalue weighted by atomic mass is 9.81. The maximum Gasteiger partial charge on any atom is 0.270 e. The molecule has 5 heteroatoms. The van der Waals surface area contributed by atoms with Crippen LogP contribution in [-0.2, 0) is 0 Å². The second kappa shape index (κ2) is 5.25. The van der Waals surface area contributed by atoms with E-state index in [0.29, 0.717) is 12.0 Å². The van der Waals surface area contributed by atoms with Gasteiger partial charge in [0, 0.05) is 35.3 Å². The van der Waals surface area contributed by atoms with Crippen LogP contribution in [0.4, 0.5) is 5.69 Å². The molecule has 1 aromatic carbocycles. The Kier molecular flexibility index (Phi) is 3.44. The van der Waals surface area contributed by atoms with Gasteiger partial charge in [-0.15, -0.1) is 0 Å². The van der Waals surface area contributed by atoms with Gasteiger partial charge in [-0.3, -0.25) is 10.1 Å². The first-order valence-corrected chi connectivity index (χ1v) is 7.11. The van der Waals surface area contributed by atoms with Crippen LogP contribution in [0.25, 0.3) is 10.9 Å². The smallest absolute Gasteiger partial charge is 0.270 e. The Bertz CT molecular complexity index is 635. The van der Waals surface area contributed by atoms with Gasteiger partial charge in [0.05, 0.1) is 4.92 Å². The van der Waals surface area contributed by atoms with Gasteiger partial charge in [-0.2, -0.15) is 0 Å². The predicted octanol–water partition coefficient (Wildman–Crippen LogP) is 3.32. The lowest BCUT2D eigenvalue weighted by molar-refractivity contribution is -0.384. The van der Waals surface area contributed by atoms with Crippen LogP contribution >= 0.6 is 0 Å². The molecule has 1 aliphatic carbocycles. The topological polar surface area (TPSA) is 71.0 Å². The SMILES string of the molecule is CN[C@@H]1CCC[C@H](c2c[nH]c3ccc([N+](=O)[O-])cc23)C1. The van der Waals surface area contributed by atoms with Gasteiger partial charge >= 0.3 is 0 Å². The van der Waals surface area contributed by atoms with Crippen molar-refractivity contribution in [3.05, 3.63) is 40.1 Å². The summed E-state index contributed by atoms with van der Waals surface area (Å²) in [6.45, 7) is 0. The molecule has 0 saturated heterocycles. The van der Waals surface area contributed by atoms with Gasteiger partial charge in [0.1, 0.15) is 0 Å². The van der Waals surface area contributed by atoms with Gasteiger partial charge in [0.2, 0.25) is 0 Å². The third kappa shape index (κ3) is 2.29. The van der Waals surface area contributed by atoms with E-state index in [9.17, 15) is 10.1 Å². The monoisotopic (exact) mass is 273 g/mol. The molecule has 5 nitrogen and oxygen atoms in total. The third-order valence-corrected chi connectivity index (χ3v) is 4.43. The number of fused-ring (bicyclic) bond motifs is 1. The summed E-state index contributed by atoms with van der Waals surface area (Å²) in [6.07, 6.45) is 6.71. The number of nitro groups is 1. The van der Waals surface area contributed by atoms with Gasteiger partial charge in [-0.25, -0.2) is 0 Å². The number of nitro benzene ring substituents is 1. The summed E-state index contributed by atoms with van der Waals surface area (Å²) < 4.78 is 0. The van der Waals surface area contributed by atoms with Crippen LogP contribution in [0.3, 0.4) is 0 Å². The summed E-state index contributed by atoms with van der Waals surface area (Å²) in [5, 5.41) is 15.3. The molecule has 1 aromatic heterocycles. The molecule has 1 saturated carbocycles. The number of nitrogens with zero attached hydrogens (tertiary/aromatic N) is 1. The number of nitrogens with one attached hydrogen (secondary N) is 2. The second-order valence-electron chi connectivity index (χ2n) is 5.58. The normalized spacial score (nSPS) is 23.1. The Morgan fingerprint density at radius 3 is 3.00 bits per heavy atom. The molecule has 106 valence electrons. The summed E-state index contributed by atoms with van der Waals surface area (Å²) >= 11 is 0. The highest BCUT2D eigenvalue weighted by Crippen LogP contribution is 2.37. The van der Waals surface area contributed by atoms with Crippen molar-refractivity contribution >= 4 is 16.6 Å². The quantitative estimate of drug-likeness (QED) is 0.665. The number of rotatable bonds is 3. The lowest BCUT2D eigenvalue weighted by Gasteiger charge is -2.28. The first kappa shape index (κ1) is 13.1. The van der Waals surface area contributed by atoms with Crippen LogP contribution in [0.1, 0.15) is 37.2 Å². The van der Waals surface area contributed by atoms with E-state index >= 15 is 0 Å². The Hall–Kier alpha value is -1.88. The minimum atomic E-state index is -0.326. The number of hydrogen-bond acceptors (Lipinski definition) is 3. The standard InChI is InChI=1S/C15H19N3O2/c1-16-11-4-2-3-10(7-11)14-9-17-15-6-5-12(18(19)20)8-13(14)15/h5-6,8-11,16-17H,2-4,7H2,1H3/t10-,11+/m0/s1. The molecule has 1 aliphatic rings. The Morgan fingerprint density at radius 2 is 2.25 bits per heavy atom. The first-order valence-electron chi connectivity index (χ1n) is 7.11. The molecule has 3 rings (SSSR count). The van der Waals surface area contributed by atoms with Crippen molar-refractivity contribution < 1.29 is 4.92 Å². The number of benzene rings is 1. The number of aromatic amines is 1. The number of aromatic nitrogens is 1. The fourth-order valence-electron chi connectivity index (χ4n) is 3.32. The number of non-ortho nitro benzene ring substituents is 1. The molecule has 0 spiro atoms. The maximum atomic E-state index is 10.9. The van der Waals surface area contributed by atoms with Gasteiger partial charge in [-0.05, 0) is 43.9 Å². The summed E-state index contributed by atoms with van der Waals surface area (Å²) in [4.78, 5) is 13.9. The zero-order chi connectivity index (χ0) is 14.1. The molecule has 2 aromatic rings. The zero-order valence-corrected chi connectivity index (χ0v) is 11.6. The van der Waals surface area contributed by atoms with Crippen molar-refractivity contribution in [3.63, 3.8) is 0 Å². The van der Waals surface area contributed by atoms with E-state index in [2.05, 4.69) is 10.3 Å². The fourth-order valence-corrected chi connectivity index (χ4v) is 3.32. The molecule has 2 atom stereocenters. The van der Waals surface area contributed by atoms with Crippen LogP contribution in [0.5, 0.6) is 0 Å². The molecular formula is C15H19N3O2. The van der Waals surface area contributed by atoms with Crippen LogP contribution in [0, 0.1) is 10.1 Å². The van der Waals surface area contributed by atoms with Crippen LogP contribution in [-0.4, -0.2) is 23.0 Å². The minimum Gasteiger partial charge on any atom is -0.361 e. The molecular weight excluding hydrogens is 254 g/mol. The fraction of sp³-hybridized carbons (Fsp3) is 0.467. The van der Waals surface area contributed by atoms with E-state index in [0.717, 1.165) is 23.7 Å². The van der Waals surface area contributed by atoms with E-state index in [4.69, 9.17) is 0 Å². The van der Waals surface area contributed by atoms with Gasteiger partial charge < -0.3 is 10.3 Å². The van der Waals surface area contributed by atoms with Crippen LogP contribution < -0.4 is 5.32 Å². The molecule has 1 fully saturated rings. The van der Waals surface area contributed by atoms with E-state index in [-0.39, 0.29) is 10.6 Å². The maximum absolute atomic E-state index is 10.9. The van der Waals surface area contributed by atoms with Crippen LogP contribution in [0.15, 0.2) is 24.4 Å². The predicted molar refractivity (Wildman–Crippen MR) is 79.0 cm³/mol. The van der Waals surface area contributed by atoms with Crippen molar-refractivity contribution in [2.45, 2.75) is 37.6 Å². The number of hydrogen-bond donors (Lipinski definition) is 2.